The number of nitrogens with one attached hydrogen (secondary N) is 1. The highest BCUT2D eigenvalue weighted by Crippen LogP contribution is 2.16. The molecule has 0 aromatic carbocycles. The van der Waals surface area contributed by atoms with Crippen LogP contribution in [0, 0.1) is 0 Å². The molecule has 63 heavy (non-hydrogen) atoms. The monoisotopic (exact) mass is 886 g/mol. The maximum absolute atomic E-state index is 12.4. The van der Waals surface area contributed by atoms with Crippen LogP contribution in [0.2, 0.25) is 0 Å². The van der Waals surface area contributed by atoms with Crippen LogP contribution in [0.3, 0.4) is 0 Å². The second-order valence-electron chi connectivity index (χ2n) is 18.9. The number of ether oxygens (including phenoxy) is 1. The van der Waals surface area contributed by atoms with E-state index in [1.165, 1.54) is 186 Å². The quantitative estimate of drug-likeness (QED) is 0.0245. The number of hydrogen-bond donors (Lipinski definition) is 3. The van der Waals surface area contributed by atoms with Crippen molar-refractivity contribution < 1.29 is 24.5 Å². The molecule has 0 radical (unpaired) electrons. The van der Waals surface area contributed by atoms with Crippen LogP contribution in [0.5, 0.6) is 0 Å². The summed E-state index contributed by atoms with van der Waals surface area (Å²) in [5.41, 5.74) is 0. The van der Waals surface area contributed by atoms with Crippen molar-refractivity contribution in [2.75, 3.05) is 13.2 Å². The first kappa shape index (κ1) is 61.1. The van der Waals surface area contributed by atoms with Gasteiger partial charge in [0.1, 0.15) is 0 Å². The van der Waals surface area contributed by atoms with Crippen molar-refractivity contribution in [3.8, 4) is 0 Å². The average Bonchev–Trinajstić information content (AvgIpc) is 3.28. The van der Waals surface area contributed by atoms with Crippen LogP contribution in [0.1, 0.15) is 290 Å². The number of carbonyl (C=O) groups excluding carboxylic acids is 2. The molecule has 0 rings (SSSR count). The third-order valence-corrected chi connectivity index (χ3v) is 12.7. The molecule has 0 bridgehead atoms. The number of rotatable bonds is 51. The predicted octanol–water partition coefficient (Wildman–Crippen LogP) is 16.9. The van der Waals surface area contributed by atoms with Crippen molar-refractivity contribution in [2.24, 2.45) is 0 Å². The molecule has 0 aliphatic carbocycles. The van der Waals surface area contributed by atoms with E-state index >= 15 is 0 Å². The molecule has 2 unspecified atom stereocenters. The number of allylic oxidation sites excluding steroid dienone is 6. The Morgan fingerprint density at radius 1 is 0.444 bits per heavy atom. The van der Waals surface area contributed by atoms with Crippen LogP contribution in [-0.2, 0) is 14.3 Å². The molecule has 0 aliphatic rings. The largest absolute Gasteiger partial charge is 0.466 e. The Labute approximate surface area is 392 Å². The lowest BCUT2D eigenvalue weighted by Crippen LogP contribution is -2.45. The average molecular weight is 886 g/mol. The van der Waals surface area contributed by atoms with Crippen LogP contribution < -0.4 is 5.32 Å². The van der Waals surface area contributed by atoms with Crippen molar-refractivity contribution in [3.63, 3.8) is 0 Å². The van der Waals surface area contributed by atoms with Crippen molar-refractivity contribution in [1.82, 2.24) is 5.32 Å². The van der Waals surface area contributed by atoms with Crippen molar-refractivity contribution >= 4 is 11.9 Å². The Bertz CT molecular complexity index is 1020. The number of amides is 1. The zero-order valence-electron chi connectivity index (χ0n) is 42.1. The van der Waals surface area contributed by atoms with E-state index in [4.69, 9.17) is 4.74 Å². The summed E-state index contributed by atoms with van der Waals surface area (Å²) in [6.07, 6.45) is 64.3. The Kier molecular flexibility index (Phi) is 51.1. The van der Waals surface area contributed by atoms with E-state index in [1.54, 1.807) is 0 Å². The van der Waals surface area contributed by atoms with E-state index < -0.39 is 12.1 Å². The minimum Gasteiger partial charge on any atom is -0.466 e. The minimum absolute atomic E-state index is 0.0167. The zero-order chi connectivity index (χ0) is 45.8. The maximum atomic E-state index is 12.4. The SMILES string of the molecule is CCCCCCCCC/C=C\CCCCCCCCCC(=O)OCCCCC/C=C\C=C/CCCCCCCCCCCCC(=O)NC(CO)C(O)CCCCCCCCCCC. The highest BCUT2D eigenvalue weighted by molar-refractivity contribution is 5.76. The molecule has 1 amide bonds. The fraction of sp³-hybridized carbons (Fsp3) is 0.860. The molecule has 0 fully saturated rings. The summed E-state index contributed by atoms with van der Waals surface area (Å²) in [4.78, 5) is 24.4. The van der Waals surface area contributed by atoms with Crippen LogP contribution >= 0.6 is 0 Å². The molecule has 0 aliphatic heterocycles. The number of carbonyl (C=O) groups is 2. The van der Waals surface area contributed by atoms with Crippen molar-refractivity contribution in [1.29, 1.82) is 0 Å². The molecule has 6 nitrogen and oxygen atoms in total. The fourth-order valence-electron chi connectivity index (χ4n) is 8.39. The number of aliphatic hydroxyl groups excluding tert-OH is 2. The van der Waals surface area contributed by atoms with E-state index in [-0.39, 0.29) is 18.5 Å². The summed E-state index contributed by atoms with van der Waals surface area (Å²) in [6, 6.07) is -0.547. The summed E-state index contributed by atoms with van der Waals surface area (Å²) >= 11 is 0. The summed E-state index contributed by atoms with van der Waals surface area (Å²) < 4.78 is 5.46. The first-order valence-corrected chi connectivity index (χ1v) is 27.8. The van der Waals surface area contributed by atoms with E-state index in [1.807, 2.05) is 0 Å². The Balaban J connectivity index is 3.45. The molecular weight excluding hydrogens is 779 g/mol. The number of aliphatic hydroxyl groups is 2. The fourth-order valence-corrected chi connectivity index (χ4v) is 8.39. The summed E-state index contributed by atoms with van der Waals surface area (Å²) in [7, 11) is 0. The number of esters is 1. The summed E-state index contributed by atoms with van der Waals surface area (Å²) in [5.74, 6) is -0.0646. The minimum atomic E-state index is -0.669. The molecular formula is C57H107NO5. The van der Waals surface area contributed by atoms with Gasteiger partial charge in [0.05, 0.1) is 25.4 Å². The normalized spacial score (nSPS) is 12.9. The van der Waals surface area contributed by atoms with Gasteiger partial charge in [0, 0.05) is 12.8 Å². The van der Waals surface area contributed by atoms with Gasteiger partial charge in [0.2, 0.25) is 5.91 Å². The smallest absolute Gasteiger partial charge is 0.305 e. The first-order valence-electron chi connectivity index (χ1n) is 27.8. The first-order chi connectivity index (χ1) is 31.0. The highest BCUT2D eigenvalue weighted by atomic mass is 16.5. The Morgan fingerprint density at radius 2 is 0.794 bits per heavy atom. The molecule has 0 aromatic rings. The Morgan fingerprint density at radius 3 is 1.22 bits per heavy atom. The molecule has 6 heteroatoms. The molecule has 0 saturated heterocycles. The van der Waals surface area contributed by atoms with Gasteiger partial charge >= 0.3 is 5.97 Å². The van der Waals surface area contributed by atoms with Gasteiger partial charge in [-0.2, -0.15) is 0 Å². The topological polar surface area (TPSA) is 95.9 Å². The summed E-state index contributed by atoms with van der Waals surface area (Å²) in [6.45, 7) is 4.89. The van der Waals surface area contributed by atoms with Gasteiger partial charge in [-0.25, -0.2) is 0 Å². The van der Waals surface area contributed by atoms with Crippen molar-refractivity contribution in [3.05, 3.63) is 36.5 Å². The van der Waals surface area contributed by atoms with E-state index in [0.717, 1.165) is 70.6 Å². The van der Waals surface area contributed by atoms with Gasteiger partial charge in [0.15, 0.2) is 0 Å². The highest BCUT2D eigenvalue weighted by Gasteiger charge is 2.20. The maximum Gasteiger partial charge on any atom is 0.305 e. The van der Waals surface area contributed by atoms with Gasteiger partial charge in [0.25, 0.3) is 0 Å². The molecule has 0 saturated carbocycles. The predicted molar refractivity (Wildman–Crippen MR) is 273 cm³/mol. The number of hydrogen-bond acceptors (Lipinski definition) is 5. The van der Waals surface area contributed by atoms with Gasteiger partial charge in [-0.1, -0.05) is 230 Å². The van der Waals surface area contributed by atoms with Crippen LogP contribution in [-0.4, -0.2) is 47.4 Å². The second kappa shape index (κ2) is 52.7. The lowest BCUT2D eigenvalue weighted by molar-refractivity contribution is -0.143. The summed E-state index contributed by atoms with van der Waals surface area (Å²) in [5, 5.41) is 23.1. The van der Waals surface area contributed by atoms with Crippen LogP contribution in [0.25, 0.3) is 0 Å². The molecule has 0 spiro atoms. The third-order valence-electron chi connectivity index (χ3n) is 12.7. The van der Waals surface area contributed by atoms with Crippen LogP contribution in [0.15, 0.2) is 36.5 Å². The van der Waals surface area contributed by atoms with Crippen molar-refractivity contribution in [2.45, 2.75) is 302 Å². The third kappa shape index (κ3) is 49.4. The second-order valence-corrected chi connectivity index (χ2v) is 18.9. The van der Waals surface area contributed by atoms with E-state index in [0.29, 0.717) is 25.9 Å². The molecule has 370 valence electrons. The van der Waals surface area contributed by atoms with Crippen LogP contribution in [0.4, 0.5) is 0 Å². The van der Waals surface area contributed by atoms with Gasteiger partial charge < -0.3 is 20.3 Å². The lowest BCUT2D eigenvalue weighted by atomic mass is 10.0. The zero-order valence-corrected chi connectivity index (χ0v) is 42.1. The van der Waals surface area contributed by atoms with E-state index in [9.17, 15) is 19.8 Å². The van der Waals surface area contributed by atoms with Gasteiger partial charge in [-0.3, -0.25) is 9.59 Å². The molecule has 0 heterocycles. The van der Waals surface area contributed by atoms with Gasteiger partial charge in [-0.05, 0) is 83.5 Å². The standard InChI is InChI=1S/C57H107NO5/c1-3-5-7-9-11-13-14-15-16-17-22-25-28-31-35-39-43-47-51-57(62)63-52-48-44-40-36-32-29-26-23-20-18-19-21-24-27-30-34-38-42-46-50-56(61)58-54(53-59)55(60)49-45-41-37-33-12-10-8-6-4-2/h16-17,23,26,29,32,54-55,59-60H,3-15,18-22,24-25,27-28,30-31,33-53H2,1-2H3,(H,58,61)/b17-16-,26-23-,32-29-. The molecule has 2 atom stereocenters. The van der Waals surface area contributed by atoms with Gasteiger partial charge in [-0.15, -0.1) is 0 Å². The molecule has 3 N–H and O–H groups in total. The number of unbranched alkanes of at least 4 members (excludes halogenated alkanes) is 35. The molecule has 0 aromatic heterocycles. The van der Waals surface area contributed by atoms with E-state index in [2.05, 4.69) is 55.6 Å². The lowest BCUT2D eigenvalue weighted by Gasteiger charge is -2.22. The Hall–Kier alpha value is -1.92.